The Morgan fingerprint density at radius 1 is 1.23 bits per heavy atom. The van der Waals surface area contributed by atoms with Crippen LogP contribution >= 0.6 is 11.6 Å². The first-order valence-electron chi connectivity index (χ1n) is 9.65. The number of aryl methyl sites for hydroxylation is 1. The van der Waals surface area contributed by atoms with Crippen LogP contribution in [0.3, 0.4) is 0 Å². The zero-order valence-electron chi connectivity index (χ0n) is 16.8. The summed E-state index contributed by atoms with van der Waals surface area (Å²) in [5.41, 5.74) is 4.58. The zero-order valence-corrected chi connectivity index (χ0v) is 17.6. The second kappa shape index (κ2) is 8.18. The predicted octanol–water partition coefficient (Wildman–Crippen LogP) is 3.63. The van der Waals surface area contributed by atoms with Gasteiger partial charge < -0.3 is 20.3 Å². The fourth-order valence-corrected chi connectivity index (χ4v) is 3.95. The molecule has 8 heteroatoms. The standard InChI is InChI=1S/C22H23ClN4O3/c1-22(12-29)5-3-18-15(22)7-13(10-25-18)17-4-6-24-21(26-17)27-19-9-16(23)14(11-28)8-20(19)30-2/h4,6-10,28-29H,3,5,11-12H2,1-2H3,(H,24,26,27). The van der Waals surface area contributed by atoms with E-state index in [1.54, 1.807) is 25.4 Å². The predicted molar refractivity (Wildman–Crippen MR) is 115 cm³/mol. The molecule has 4 rings (SSSR count). The highest BCUT2D eigenvalue weighted by molar-refractivity contribution is 6.31. The van der Waals surface area contributed by atoms with Gasteiger partial charge in [0.2, 0.25) is 5.95 Å². The van der Waals surface area contributed by atoms with Crippen LogP contribution in [0.5, 0.6) is 5.75 Å². The minimum Gasteiger partial charge on any atom is -0.495 e. The number of rotatable bonds is 6. The number of fused-ring (bicyclic) bond motifs is 1. The molecule has 0 radical (unpaired) electrons. The number of pyridine rings is 1. The Labute approximate surface area is 179 Å². The molecule has 1 aliphatic rings. The van der Waals surface area contributed by atoms with Crippen molar-refractivity contribution in [1.29, 1.82) is 0 Å². The molecule has 1 atom stereocenters. The molecule has 1 unspecified atom stereocenters. The molecule has 0 aliphatic heterocycles. The Morgan fingerprint density at radius 3 is 2.80 bits per heavy atom. The van der Waals surface area contributed by atoms with E-state index in [-0.39, 0.29) is 18.6 Å². The molecule has 1 aliphatic carbocycles. The van der Waals surface area contributed by atoms with Crippen LogP contribution in [0.4, 0.5) is 11.6 Å². The molecule has 0 spiro atoms. The summed E-state index contributed by atoms with van der Waals surface area (Å²) in [6.07, 6.45) is 5.23. The third-order valence-electron chi connectivity index (χ3n) is 5.62. The third kappa shape index (κ3) is 3.71. The molecule has 0 bridgehead atoms. The normalized spacial score (nSPS) is 17.6. The minimum atomic E-state index is -0.273. The average Bonchev–Trinajstić information content (AvgIpc) is 3.11. The fourth-order valence-electron chi connectivity index (χ4n) is 3.73. The van der Waals surface area contributed by atoms with E-state index in [0.29, 0.717) is 33.7 Å². The summed E-state index contributed by atoms with van der Waals surface area (Å²) in [6, 6.07) is 7.23. The van der Waals surface area contributed by atoms with Crippen LogP contribution < -0.4 is 10.1 Å². The maximum atomic E-state index is 9.85. The highest BCUT2D eigenvalue weighted by Gasteiger charge is 2.35. The summed E-state index contributed by atoms with van der Waals surface area (Å²) in [5, 5.41) is 22.8. The number of ether oxygens (including phenoxy) is 1. The SMILES string of the molecule is COc1cc(CO)c(Cl)cc1Nc1nccc(-c2cnc3c(c2)C(C)(CO)CC3)n1. The van der Waals surface area contributed by atoms with Crippen molar-refractivity contribution in [1.82, 2.24) is 15.0 Å². The van der Waals surface area contributed by atoms with Crippen LogP contribution in [-0.2, 0) is 18.4 Å². The summed E-state index contributed by atoms with van der Waals surface area (Å²) in [6.45, 7) is 1.97. The molecule has 0 saturated heterocycles. The summed E-state index contributed by atoms with van der Waals surface area (Å²) in [5.74, 6) is 0.902. The maximum absolute atomic E-state index is 9.85. The Morgan fingerprint density at radius 2 is 2.07 bits per heavy atom. The fraction of sp³-hybridized carbons (Fsp3) is 0.318. The number of aliphatic hydroxyl groups excluding tert-OH is 2. The van der Waals surface area contributed by atoms with Gasteiger partial charge in [0.25, 0.3) is 0 Å². The Kier molecular flexibility index (Phi) is 5.60. The Bertz CT molecular complexity index is 1090. The lowest BCUT2D eigenvalue weighted by Crippen LogP contribution is -2.23. The largest absolute Gasteiger partial charge is 0.495 e. The number of aliphatic hydroxyl groups is 2. The van der Waals surface area contributed by atoms with Crippen molar-refractivity contribution >= 4 is 23.2 Å². The first-order chi connectivity index (χ1) is 14.5. The molecular weight excluding hydrogens is 404 g/mol. The summed E-state index contributed by atoms with van der Waals surface area (Å²) in [4.78, 5) is 13.5. The van der Waals surface area contributed by atoms with Gasteiger partial charge in [-0.1, -0.05) is 18.5 Å². The summed E-state index contributed by atoms with van der Waals surface area (Å²) < 4.78 is 5.39. The van der Waals surface area contributed by atoms with Gasteiger partial charge in [0.15, 0.2) is 0 Å². The molecule has 30 heavy (non-hydrogen) atoms. The molecule has 0 saturated carbocycles. The Balaban J connectivity index is 1.67. The molecular formula is C22H23ClN4O3. The van der Waals surface area contributed by atoms with E-state index in [4.69, 9.17) is 16.3 Å². The number of nitrogens with zero attached hydrogens (tertiary/aromatic N) is 3. The van der Waals surface area contributed by atoms with Crippen molar-refractivity contribution in [3.8, 4) is 17.0 Å². The third-order valence-corrected chi connectivity index (χ3v) is 5.97. The van der Waals surface area contributed by atoms with E-state index in [2.05, 4.69) is 33.3 Å². The van der Waals surface area contributed by atoms with Crippen LogP contribution in [-0.4, -0.2) is 38.9 Å². The number of hydrogen-bond acceptors (Lipinski definition) is 7. The van der Waals surface area contributed by atoms with E-state index < -0.39 is 0 Å². The Hall–Kier alpha value is -2.74. The molecule has 0 amide bonds. The monoisotopic (exact) mass is 426 g/mol. The van der Waals surface area contributed by atoms with E-state index >= 15 is 0 Å². The number of anilines is 2. The van der Waals surface area contributed by atoms with E-state index in [1.807, 2.05) is 12.3 Å². The molecule has 156 valence electrons. The second-order valence-electron chi connectivity index (χ2n) is 7.63. The van der Waals surface area contributed by atoms with Crippen molar-refractivity contribution in [2.75, 3.05) is 19.0 Å². The van der Waals surface area contributed by atoms with Gasteiger partial charge in [0.1, 0.15) is 5.75 Å². The van der Waals surface area contributed by atoms with Crippen molar-refractivity contribution in [2.24, 2.45) is 0 Å². The molecule has 0 fully saturated rings. The van der Waals surface area contributed by atoms with Gasteiger partial charge in [-0.2, -0.15) is 0 Å². The van der Waals surface area contributed by atoms with E-state index in [9.17, 15) is 10.2 Å². The van der Waals surface area contributed by atoms with E-state index in [0.717, 1.165) is 29.7 Å². The van der Waals surface area contributed by atoms with Crippen molar-refractivity contribution in [3.63, 3.8) is 0 Å². The highest BCUT2D eigenvalue weighted by atomic mass is 35.5. The summed E-state index contributed by atoms with van der Waals surface area (Å²) in [7, 11) is 1.54. The second-order valence-corrected chi connectivity index (χ2v) is 8.04. The lowest BCUT2D eigenvalue weighted by atomic mass is 9.85. The van der Waals surface area contributed by atoms with Crippen molar-refractivity contribution in [2.45, 2.75) is 31.8 Å². The topological polar surface area (TPSA) is 100 Å². The molecule has 2 heterocycles. The molecule has 3 aromatic rings. The number of benzene rings is 1. The lowest BCUT2D eigenvalue weighted by Gasteiger charge is -2.22. The summed E-state index contributed by atoms with van der Waals surface area (Å²) >= 11 is 6.22. The zero-order chi connectivity index (χ0) is 21.3. The molecule has 2 aromatic heterocycles. The number of aromatic nitrogens is 3. The van der Waals surface area contributed by atoms with Crippen molar-refractivity contribution in [3.05, 3.63) is 58.5 Å². The van der Waals surface area contributed by atoms with Crippen LogP contribution in [0.15, 0.2) is 36.7 Å². The number of nitrogens with one attached hydrogen (secondary N) is 1. The molecule has 1 aromatic carbocycles. The van der Waals surface area contributed by atoms with Gasteiger partial charge >= 0.3 is 0 Å². The van der Waals surface area contributed by atoms with E-state index in [1.165, 1.54) is 0 Å². The van der Waals surface area contributed by atoms with Crippen LogP contribution in [0, 0.1) is 0 Å². The molecule has 7 nitrogen and oxygen atoms in total. The van der Waals surface area contributed by atoms with Gasteiger partial charge in [-0.15, -0.1) is 0 Å². The number of halogens is 1. The quantitative estimate of drug-likeness (QED) is 0.553. The number of methoxy groups -OCH3 is 1. The van der Waals surface area contributed by atoms with Gasteiger partial charge in [0, 0.05) is 34.1 Å². The van der Waals surface area contributed by atoms with Gasteiger partial charge in [-0.05, 0) is 48.2 Å². The minimum absolute atomic E-state index is 0.0894. The smallest absolute Gasteiger partial charge is 0.227 e. The first-order valence-corrected chi connectivity index (χ1v) is 10.0. The highest BCUT2D eigenvalue weighted by Crippen LogP contribution is 2.39. The van der Waals surface area contributed by atoms with Crippen molar-refractivity contribution < 1.29 is 14.9 Å². The molecule has 3 N–H and O–H groups in total. The average molecular weight is 427 g/mol. The van der Waals surface area contributed by atoms with Gasteiger partial charge in [0.05, 0.1) is 31.7 Å². The number of hydrogen-bond donors (Lipinski definition) is 3. The van der Waals surface area contributed by atoms with Crippen LogP contribution in [0.25, 0.3) is 11.3 Å². The first kappa shape index (κ1) is 20.5. The lowest BCUT2D eigenvalue weighted by molar-refractivity contribution is 0.206. The van der Waals surface area contributed by atoms with Gasteiger partial charge in [-0.25, -0.2) is 9.97 Å². The van der Waals surface area contributed by atoms with Crippen LogP contribution in [0.1, 0.15) is 30.2 Å². The van der Waals surface area contributed by atoms with Gasteiger partial charge in [-0.3, -0.25) is 4.98 Å². The van der Waals surface area contributed by atoms with Crippen LogP contribution in [0.2, 0.25) is 5.02 Å². The maximum Gasteiger partial charge on any atom is 0.227 e.